The van der Waals surface area contributed by atoms with Crippen LogP contribution in [0.5, 0.6) is 0 Å². The lowest BCUT2D eigenvalue weighted by molar-refractivity contribution is 0.250. The molecular weight excluding hydrogens is 238 g/mol. The van der Waals surface area contributed by atoms with Crippen LogP contribution in [0.3, 0.4) is 0 Å². The summed E-state index contributed by atoms with van der Waals surface area (Å²) in [6.07, 6.45) is 1.97. The zero-order valence-corrected chi connectivity index (χ0v) is 11.1. The third kappa shape index (κ3) is 3.44. The Morgan fingerprint density at radius 3 is 2.69 bits per heavy atom. The van der Waals surface area contributed by atoms with Gasteiger partial charge in [-0.15, -0.1) is 23.5 Å². The molecule has 16 heavy (non-hydrogen) atoms. The van der Waals surface area contributed by atoms with Crippen molar-refractivity contribution < 1.29 is 5.11 Å². The molecule has 0 amide bonds. The fourth-order valence-electron chi connectivity index (χ4n) is 1.20. The molecule has 0 aliphatic rings. The van der Waals surface area contributed by atoms with Gasteiger partial charge in [-0.2, -0.15) is 5.26 Å². The Labute approximate surface area is 105 Å². The van der Waals surface area contributed by atoms with Crippen molar-refractivity contribution in [3.05, 3.63) is 23.8 Å². The summed E-state index contributed by atoms with van der Waals surface area (Å²) in [7, 11) is 0. The average molecular weight is 253 g/mol. The van der Waals surface area contributed by atoms with E-state index in [1.165, 1.54) is 0 Å². The minimum absolute atomic E-state index is 0.192. The van der Waals surface area contributed by atoms with Gasteiger partial charge in [0.1, 0.15) is 6.07 Å². The molecule has 0 aliphatic heterocycles. The first-order valence-corrected chi connectivity index (χ1v) is 7.24. The first-order valence-electron chi connectivity index (χ1n) is 5.03. The molecule has 1 unspecified atom stereocenters. The van der Waals surface area contributed by atoms with Gasteiger partial charge in [-0.25, -0.2) is 0 Å². The molecule has 0 bridgehead atoms. The summed E-state index contributed by atoms with van der Waals surface area (Å²) in [4.78, 5) is 2.03. The number of nitrogens with zero attached hydrogens (tertiary/aromatic N) is 1. The predicted molar refractivity (Wildman–Crippen MR) is 69.9 cm³/mol. The minimum Gasteiger partial charge on any atom is -0.396 e. The molecule has 1 rings (SSSR count). The highest BCUT2D eigenvalue weighted by atomic mass is 32.2. The van der Waals surface area contributed by atoms with Gasteiger partial charge in [0.05, 0.1) is 5.56 Å². The van der Waals surface area contributed by atoms with Crippen LogP contribution in [-0.4, -0.2) is 23.7 Å². The summed E-state index contributed by atoms with van der Waals surface area (Å²) in [5.74, 6) is 1.10. The number of nitriles is 1. The Morgan fingerprint density at radius 2 is 2.12 bits per heavy atom. The van der Waals surface area contributed by atoms with Gasteiger partial charge >= 0.3 is 0 Å². The van der Waals surface area contributed by atoms with Crippen molar-refractivity contribution in [2.45, 2.75) is 16.7 Å². The van der Waals surface area contributed by atoms with Crippen molar-refractivity contribution in [3.8, 4) is 6.07 Å². The molecule has 2 nitrogen and oxygen atoms in total. The molecule has 86 valence electrons. The molecule has 0 aromatic heterocycles. The van der Waals surface area contributed by atoms with E-state index in [2.05, 4.69) is 6.07 Å². The normalized spacial score (nSPS) is 12.1. The van der Waals surface area contributed by atoms with E-state index in [0.717, 1.165) is 21.1 Å². The van der Waals surface area contributed by atoms with E-state index in [-0.39, 0.29) is 12.5 Å². The van der Waals surface area contributed by atoms with Crippen molar-refractivity contribution in [2.75, 3.05) is 18.6 Å². The van der Waals surface area contributed by atoms with E-state index in [1.807, 2.05) is 31.4 Å². The maximum atomic E-state index is 9.13. The van der Waals surface area contributed by atoms with Gasteiger partial charge in [0.2, 0.25) is 0 Å². The summed E-state index contributed by atoms with van der Waals surface area (Å²) in [6, 6.07) is 8.15. The number of rotatable bonds is 5. The lowest BCUT2D eigenvalue weighted by atomic mass is 10.2. The number of aliphatic hydroxyl groups excluding tert-OH is 1. The molecule has 1 aromatic carbocycles. The summed E-state index contributed by atoms with van der Waals surface area (Å²) in [5.41, 5.74) is 0.755. The van der Waals surface area contributed by atoms with Gasteiger partial charge in [-0.05, 0) is 24.3 Å². The van der Waals surface area contributed by atoms with E-state index >= 15 is 0 Å². The van der Waals surface area contributed by atoms with Crippen LogP contribution in [0.2, 0.25) is 0 Å². The zero-order valence-electron chi connectivity index (χ0n) is 9.43. The molecule has 0 aliphatic carbocycles. The smallest absolute Gasteiger partial charge is 0.101 e. The van der Waals surface area contributed by atoms with Crippen LogP contribution in [0.25, 0.3) is 0 Å². The maximum Gasteiger partial charge on any atom is 0.101 e. The van der Waals surface area contributed by atoms with Gasteiger partial charge in [0, 0.05) is 22.2 Å². The highest BCUT2D eigenvalue weighted by Gasteiger charge is 2.09. The lowest BCUT2D eigenvalue weighted by Crippen LogP contribution is -2.03. The standard InChI is InChI=1S/C12H15NOS2/c1-9(7-14)8-16-12-5-3-4-11(15-2)10(12)6-13/h3-5,9,14H,7-8H2,1-2H3. The number of hydrogen-bond acceptors (Lipinski definition) is 4. The van der Waals surface area contributed by atoms with Crippen LogP contribution in [-0.2, 0) is 0 Å². The van der Waals surface area contributed by atoms with Gasteiger partial charge in [0.15, 0.2) is 0 Å². The predicted octanol–water partition coefficient (Wildman–Crippen LogP) is 3.00. The Hall–Kier alpha value is -0.630. The Balaban J connectivity index is 2.84. The van der Waals surface area contributed by atoms with Crippen LogP contribution in [0.15, 0.2) is 28.0 Å². The van der Waals surface area contributed by atoms with Gasteiger partial charge in [0.25, 0.3) is 0 Å². The fraction of sp³-hybridized carbons (Fsp3) is 0.417. The number of benzene rings is 1. The number of thioether (sulfide) groups is 2. The van der Waals surface area contributed by atoms with Gasteiger partial charge in [-0.3, -0.25) is 0 Å². The van der Waals surface area contributed by atoms with E-state index in [1.54, 1.807) is 23.5 Å². The highest BCUT2D eigenvalue weighted by Crippen LogP contribution is 2.30. The Bertz CT molecular complexity index is 387. The van der Waals surface area contributed by atoms with Crippen LogP contribution in [0.4, 0.5) is 0 Å². The third-order valence-electron chi connectivity index (χ3n) is 2.15. The molecule has 0 fully saturated rings. The monoisotopic (exact) mass is 253 g/mol. The quantitative estimate of drug-likeness (QED) is 0.819. The van der Waals surface area contributed by atoms with Crippen molar-refractivity contribution in [1.82, 2.24) is 0 Å². The molecule has 0 spiro atoms. The molecular formula is C12H15NOS2. The lowest BCUT2D eigenvalue weighted by Gasteiger charge is -2.10. The molecule has 1 N–H and O–H groups in total. The fourth-order valence-corrected chi connectivity index (χ4v) is 2.88. The van der Waals surface area contributed by atoms with Crippen LogP contribution in [0.1, 0.15) is 12.5 Å². The second kappa shape index (κ2) is 6.85. The van der Waals surface area contributed by atoms with Crippen LogP contribution < -0.4 is 0 Å². The number of hydrogen-bond donors (Lipinski definition) is 1. The average Bonchev–Trinajstić information content (AvgIpc) is 2.34. The summed E-state index contributed by atoms with van der Waals surface area (Å²) in [6.45, 7) is 2.19. The number of aliphatic hydroxyl groups is 1. The van der Waals surface area contributed by atoms with Crippen molar-refractivity contribution in [3.63, 3.8) is 0 Å². The Morgan fingerprint density at radius 1 is 1.44 bits per heavy atom. The second-order valence-electron chi connectivity index (χ2n) is 3.54. The SMILES string of the molecule is CSc1cccc(SCC(C)CO)c1C#N. The molecule has 1 atom stereocenters. The van der Waals surface area contributed by atoms with E-state index < -0.39 is 0 Å². The van der Waals surface area contributed by atoms with Crippen LogP contribution in [0, 0.1) is 17.2 Å². The van der Waals surface area contributed by atoms with Crippen molar-refractivity contribution >= 4 is 23.5 Å². The van der Waals surface area contributed by atoms with E-state index in [9.17, 15) is 0 Å². The molecule has 0 saturated carbocycles. The first kappa shape index (κ1) is 13.4. The van der Waals surface area contributed by atoms with Crippen LogP contribution >= 0.6 is 23.5 Å². The van der Waals surface area contributed by atoms with E-state index in [0.29, 0.717) is 0 Å². The molecule has 0 radical (unpaired) electrons. The maximum absolute atomic E-state index is 9.13. The summed E-state index contributed by atoms with van der Waals surface area (Å²) < 4.78 is 0. The highest BCUT2D eigenvalue weighted by molar-refractivity contribution is 7.99. The molecule has 0 saturated heterocycles. The van der Waals surface area contributed by atoms with Crippen molar-refractivity contribution in [2.24, 2.45) is 5.92 Å². The molecule has 4 heteroatoms. The third-order valence-corrected chi connectivity index (χ3v) is 4.32. The first-order chi connectivity index (χ1) is 7.72. The largest absolute Gasteiger partial charge is 0.396 e. The summed E-state index contributed by atoms with van der Waals surface area (Å²) >= 11 is 3.23. The summed E-state index contributed by atoms with van der Waals surface area (Å²) in [5, 5.41) is 18.1. The topological polar surface area (TPSA) is 44.0 Å². The second-order valence-corrected chi connectivity index (χ2v) is 5.45. The zero-order chi connectivity index (χ0) is 12.0. The van der Waals surface area contributed by atoms with Gasteiger partial charge < -0.3 is 5.11 Å². The Kier molecular flexibility index (Phi) is 5.75. The van der Waals surface area contributed by atoms with Crippen molar-refractivity contribution in [1.29, 1.82) is 5.26 Å². The molecule has 1 aromatic rings. The minimum atomic E-state index is 0.192. The van der Waals surface area contributed by atoms with E-state index in [4.69, 9.17) is 10.4 Å². The molecule has 0 heterocycles. The van der Waals surface area contributed by atoms with Gasteiger partial charge in [-0.1, -0.05) is 13.0 Å².